The fourth-order valence-corrected chi connectivity index (χ4v) is 4.35. The monoisotopic (exact) mass is 456 g/mol. The van der Waals surface area contributed by atoms with Crippen LogP contribution in [0.5, 0.6) is 5.75 Å². The van der Waals surface area contributed by atoms with E-state index in [4.69, 9.17) is 4.74 Å². The quantitative estimate of drug-likeness (QED) is 0.503. The van der Waals surface area contributed by atoms with E-state index in [0.717, 1.165) is 41.2 Å². The average molecular weight is 457 g/mol. The summed E-state index contributed by atoms with van der Waals surface area (Å²) in [6.45, 7) is 5.59. The van der Waals surface area contributed by atoms with Crippen LogP contribution in [-0.2, 0) is 16.9 Å². The highest BCUT2D eigenvalue weighted by Crippen LogP contribution is 2.49. The van der Waals surface area contributed by atoms with Gasteiger partial charge in [0.05, 0.1) is 35.5 Å². The van der Waals surface area contributed by atoms with Crippen molar-refractivity contribution in [3.8, 4) is 17.0 Å². The summed E-state index contributed by atoms with van der Waals surface area (Å²) in [5.74, 6) is 1.07. The first-order chi connectivity index (χ1) is 16.2. The molecule has 4 aromatic rings. The molecule has 1 aliphatic heterocycles. The Morgan fingerprint density at radius 3 is 2.56 bits per heavy atom. The molecule has 172 valence electrons. The maximum atomic E-state index is 13.4. The first kappa shape index (κ1) is 20.7. The van der Waals surface area contributed by atoms with Crippen molar-refractivity contribution >= 4 is 17.2 Å². The van der Waals surface area contributed by atoms with Gasteiger partial charge in [0.1, 0.15) is 11.4 Å². The van der Waals surface area contributed by atoms with Gasteiger partial charge in [-0.3, -0.25) is 19.1 Å². The van der Waals surface area contributed by atoms with Crippen LogP contribution in [0.4, 0.5) is 5.69 Å². The third kappa shape index (κ3) is 3.23. The minimum Gasteiger partial charge on any atom is -0.475 e. The lowest BCUT2D eigenvalue weighted by molar-refractivity contribution is -0.128. The van der Waals surface area contributed by atoms with Crippen molar-refractivity contribution in [1.29, 1.82) is 0 Å². The standard InChI is InChI=1S/C25H24N6O3/c1-15-19(14-31-18-6-4-5-7-20(18)34-25(8-9-25)23(31)32)30-13-17(26-12-21(30)29-15)16-10-27-22(28-11-16)24(2,3)33/h4-7,10-13,33H,8-9,14H2,1-3H3. The number of aryl methyl sites for hydroxylation is 1. The number of aromatic nitrogens is 5. The lowest BCUT2D eigenvalue weighted by Gasteiger charge is -2.34. The number of carbonyl (C=O) groups is 1. The summed E-state index contributed by atoms with van der Waals surface area (Å²) in [6, 6.07) is 7.66. The highest BCUT2D eigenvalue weighted by Gasteiger charge is 2.57. The molecule has 1 spiro atoms. The number of ether oxygens (including phenoxy) is 1. The topological polar surface area (TPSA) is 106 Å². The molecule has 34 heavy (non-hydrogen) atoms. The number of imidazole rings is 1. The first-order valence-electron chi connectivity index (χ1n) is 11.2. The van der Waals surface area contributed by atoms with Crippen LogP contribution in [0, 0.1) is 6.92 Å². The third-order valence-corrected chi connectivity index (χ3v) is 6.41. The van der Waals surface area contributed by atoms with E-state index in [1.807, 2.05) is 46.7 Å². The van der Waals surface area contributed by atoms with Crippen molar-refractivity contribution in [2.45, 2.75) is 51.4 Å². The zero-order valence-corrected chi connectivity index (χ0v) is 19.2. The number of hydrogen-bond acceptors (Lipinski definition) is 7. The van der Waals surface area contributed by atoms with E-state index in [1.54, 1.807) is 32.4 Å². The molecule has 3 aromatic heterocycles. The van der Waals surface area contributed by atoms with Crippen LogP contribution in [0.15, 0.2) is 49.1 Å². The van der Waals surface area contributed by atoms with Gasteiger partial charge in [-0.1, -0.05) is 12.1 Å². The Hall–Kier alpha value is -3.85. The van der Waals surface area contributed by atoms with Gasteiger partial charge in [0, 0.05) is 37.0 Å². The second-order valence-electron chi connectivity index (χ2n) is 9.45. The Kier molecular flexibility index (Phi) is 4.31. The maximum Gasteiger partial charge on any atom is 0.271 e. The van der Waals surface area contributed by atoms with E-state index in [-0.39, 0.29) is 5.91 Å². The summed E-state index contributed by atoms with van der Waals surface area (Å²) in [4.78, 5) is 33.0. The van der Waals surface area contributed by atoms with Crippen LogP contribution in [-0.4, -0.2) is 41.0 Å². The molecular formula is C25H24N6O3. The van der Waals surface area contributed by atoms with Gasteiger partial charge in [0.25, 0.3) is 5.91 Å². The van der Waals surface area contributed by atoms with Crippen molar-refractivity contribution in [3.63, 3.8) is 0 Å². The SMILES string of the molecule is Cc1nc2cnc(-c3cnc(C(C)(C)O)nc3)cn2c1CN1C(=O)C2(CC2)Oc2ccccc21. The highest BCUT2D eigenvalue weighted by atomic mass is 16.5. The van der Waals surface area contributed by atoms with Crippen molar-refractivity contribution in [3.05, 3.63) is 66.3 Å². The summed E-state index contributed by atoms with van der Waals surface area (Å²) in [7, 11) is 0. The van der Waals surface area contributed by atoms with Gasteiger partial charge >= 0.3 is 0 Å². The molecular weight excluding hydrogens is 432 g/mol. The van der Waals surface area contributed by atoms with Crippen LogP contribution in [0.25, 0.3) is 16.9 Å². The molecule has 2 aliphatic rings. The van der Waals surface area contributed by atoms with E-state index in [9.17, 15) is 9.90 Å². The Labute approximate surface area is 196 Å². The van der Waals surface area contributed by atoms with E-state index in [0.29, 0.717) is 23.7 Å². The van der Waals surface area contributed by atoms with E-state index < -0.39 is 11.2 Å². The largest absolute Gasteiger partial charge is 0.475 e. The Balaban J connectivity index is 1.40. The van der Waals surface area contributed by atoms with Gasteiger partial charge in [-0.25, -0.2) is 15.0 Å². The average Bonchev–Trinajstić information content (AvgIpc) is 3.52. The number of amides is 1. The summed E-state index contributed by atoms with van der Waals surface area (Å²) in [5.41, 5.74) is 2.73. The zero-order valence-electron chi connectivity index (χ0n) is 19.2. The van der Waals surface area contributed by atoms with Gasteiger partial charge in [0.2, 0.25) is 0 Å². The summed E-state index contributed by atoms with van der Waals surface area (Å²) in [6.07, 6.45) is 8.35. The smallest absolute Gasteiger partial charge is 0.271 e. The molecule has 1 aliphatic carbocycles. The molecule has 1 aromatic carbocycles. The Morgan fingerprint density at radius 1 is 1.12 bits per heavy atom. The van der Waals surface area contributed by atoms with Crippen LogP contribution in [0.3, 0.4) is 0 Å². The van der Waals surface area contributed by atoms with E-state index in [1.165, 1.54) is 0 Å². The number of hydrogen-bond donors (Lipinski definition) is 1. The number of aliphatic hydroxyl groups is 1. The molecule has 0 bridgehead atoms. The number of benzene rings is 1. The zero-order chi connectivity index (χ0) is 23.7. The number of rotatable bonds is 4. The fraction of sp³-hybridized carbons (Fsp3) is 0.320. The van der Waals surface area contributed by atoms with Gasteiger partial charge in [-0.05, 0) is 32.9 Å². The molecule has 0 atom stereocenters. The minimum absolute atomic E-state index is 0.00886. The van der Waals surface area contributed by atoms with Gasteiger partial charge in [-0.15, -0.1) is 0 Å². The summed E-state index contributed by atoms with van der Waals surface area (Å²) >= 11 is 0. The van der Waals surface area contributed by atoms with Crippen molar-refractivity contribution in [1.82, 2.24) is 24.3 Å². The number of carbonyl (C=O) groups excluding carboxylic acids is 1. The second-order valence-corrected chi connectivity index (χ2v) is 9.45. The van der Waals surface area contributed by atoms with Gasteiger partial charge in [0.15, 0.2) is 17.1 Å². The van der Waals surface area contributed by atoms with Crippen LogP contribution in [0.1, 0.15) is 43.9 Å². The van der Waals surface area contributed by atoms with Crippen LogP contribution in [0.2, 0.25) is 0 Å². The Morgan fingerprint density at radius 2 is 1.85 bits per heavy atom. The molecule has 0 unspecified atom stereocenters. The molecule has 6 rings (SSSR count). The minimum atomic E-state index is -1.12. The summed E-state index contributed by atoms with van der Waals surface area (Å²) < 4.78 is 8.03. The number of fused-ring (bicyclic) bond motifs is 2. The number of para-hydroxylation sites is 2. The highest BCUT2D eigenvalue weighted by molar-refractivity contribution is 6.04. The van der Waals surface area contributed by atoms with E-state index >= 15 is 0 Å². The van der Waals surface area contributed by atoms with Gasteiger partial charge < -0.3 is 9.84 Å². The van der Waals surface area contributed by atoms with Crippen LogP contribution >= 0.6 is 0 Å². The molecule has 1 amide bonds. The Bertz CT molecular complexity index is 1430. The summed E-state index contributed by atoms with van der Waals surface area (Å²) in [5, 5.41) is 10.1. The normalized spacial score (nSPS) is 16.6. The molecule has 1 fully saturated rings. The van der Waals surface area contributed by atoms with Gasteiger partial charge in [-0.2, -0.15) is 0 Å². The first-order valence-corrected chi connectivity index (χ1v) is 11.2. The number of anilines is 1. The van der Waals surface area contributed by atoms with Crippen molar-refractivity contribution in [2.24, 2.45) is 0 Å². The fourth-order valence-electron chi connectivity index (χ4n) is 4.35. The second kappa shape index (κ2) is 7.07. The predicted octanol–water partition coefficient (Wildman–Crippen LogP) is 3.18. The lowest BCUT2D eigenvalue weighted by Crippen LogP contribution is -2.47. The molecule has 1 saturated carbocycles. The molecule has 9 heteroatoms. The molecule has 9 nitrogen and oxygen atoms in total. The van der Waals surface area contributed by atoms with Crippen LogP contribution < -0.4 is 9.64 Å². The molecule has 0 saturated heterocycles. The van der Waals surface area contributed by atoms with E-state index in [2.05, 4.69) is 19.9 Å². The van der Waals surface area contributed by atoms with Crippen molar-refractivity contribution in [2.75, 3.05) is 4.90 Å². The predicted molar refractivity (Wildman–Crippen MR) is 124 cm³/mol. The van der Waals surface area contributed by atoms with Crippen molar-refractivity contribution < 1.29 is 14.6 Å². The molecule has 0 radical (unpaired) electrons. The molecule has 1 N–H and O–H groups in total. The number of nitrogens with zero attached hydrogens (tertiary/aromatic N) is 6. The third-order valence-electron chi connectivity index (χ3n) is 6.41. The lowest BCUT2D eigenvalue weighted by atomic mass is 10.1. The molecule has 4 heterocycles. The maximum absolute atomic E-state index is 13.4.